The number of nitrogens with one attached hydrogen (secondary N) is 2. The molecule has 0 aromatic carbocycles. The Hall–Kier alpha value is -0.570. The summed E-state index contributed by atoms with van der Waals surface area (Å²) in [6.45, 7) is 2.26. The average Bonchev–Trinajstić information content (AvgIpc) is 2.96. The van der Waals surface area contributed by atoms with Gasteiger partial charge in [0.1, 0.15) is 0 Å². The van der Waals surface area contributed by atoms with Gasteiger partial charge in [0.15, 0.2) is 0 Å². The van der Waals surface area contributed by atoms with Crippen LogP contribution in [0.15, 0.2) is 0 Å². The van der Waals surface area contributed by atoms with Gasteiger partial charge >= 0.3 is 0 Å². The number of carbonyl (C=O) groups is 1. The van der Waals surface area contributed by atoms with Crippen molar-refractivity contribution in [1.82, 2.24) is 10.6 Å². The SMILES string of the molecule is CC1CCCC1NC(=O)C1CC2CCCCC2N1. The quantitative estimate of drug-likeness (QED) is 0.789. The summed E-state index contributed by atoms with van der Waals surface area (Å²) in [5.74, 6) is 1.69. The van der Waals surface area contributed by atoms with Gasteiger partial charge in [0.2, 0.25) is 5.91 Å². The van der Waals surface area contributed by atoms with Gasteiger partial charge in [-0.15, -0.1) is 0 Å². The Morgan fingerprint density at radius 3 is 2.67 bits per heavy atom. The van der Waals surface area contributed by atoms with Crippen molar-refractivity contribution in [3.05, 3.63) is 0 Å². The fourth-order valence-corrected chi connectivity index (χ4v) is 4.16. The summed E-state index contributed by atoms with van der Waals surface area (Å²) in [6, 6.07) is 1.14. The predicted molar refractivity (Wildman–Crippen MR) is 72.2 cm³/mol. The minimum atomic E-state index is 0.0888. The van der Waals surface area contributed by atoms with E-state index in [0.29, 0.717) is 18.0 Å². The lowest BCUT2D eigenvalue weighted by Gasteiger charge is -2.24. The lowest BCUT2D eigenvalue weighted by molar-refractivity contribution is -0.123. The van der Waals surface area contributed by atoms with E-state index in [1.54, 1.807) is 0 Å². The lowest BCUT2D eigenvalue weighted by Crippen LogP contribution is -2.47. The van der Waals surface area contributed by atoms with Gasteiger partial charge in [-0.3, -0.25) is 4.79 Å². The molecule has 3 heteroatoms. The van der Waals surface area contributed by atoms with Crippen LogP contribution in [0.5, 0.6) is 0 Å². The third kappa shape index (κ3) is 2.42. The molecule has 2 N–H and O–H groups in total. The number of fused-ring (bicyclic) bond motifs is 1. The highest BCUT2D eigenvalue weighted by Crippen LogP contribution is 2.33. The Labute approximate surface area is 110 Å². The highest BCUT2D eigenvalue weighted by atomic mass is 16.2. The second-order valence-electron chi connectivity index (χ2n) is 6.63. The van der Waals surface area contributed by atoms with Crippen molar-refractivity contribution in [2.24, 2.45) is 11.8 Å². The molecule has 2 saturated carbocycles. The highest BCUT2D eigenvalue weighted by molar-refractivity contribution is 5.82. The molecule has 0 spiro atoms. The zero-order valence-electron chi connectivity index (χ0n) is 11.5. The minimum absolute atomic E-state index is 0.0888. The molecule has 5 atom stereocenters. The van der Waals surface area contributed by atoms with Gasteiger partial charge in [0.25, 0.3) is 0 Å². The predicted octanol–water partition coefficient (Wildman–Crippen LogP) is 2.21. The van der Waals surface area contributed by atoms with Gasteiger partial charge in [0.05, 0.1) is 6.04 Å². The molecule has 3 fully saturated rings. The second kappa shape index (κ2) is 5.20. The van der Waals surface area contributed by atoms with Gasteiger partial charge < -0.3 is 10.6 Å². The first-order valence-electron chi connectivity index (χ1n) is 7.80. The van der Waals surface area contributed by atoms with Crippen molar-refractivity contribution >= 4 is 5.91 Å². The zero-order valence-corrected chi connectivity index (χ0v) is 11.5. The van der Waals surface area contributed by atoms with Crippen LogP contribution in [-0.2, 0) is 4.79 Å². The first-order chi connectivity index (χ1) is 8.74. The number of carbonyl (C=O) groups excluding carboxylic acids is 1. The topological polar surface area (TPSA) is 41.1 Å². The minimum Gasteiger partial charge on any atom is -0.352 e. The van der Waals surface area contributed by atoms with E-state index >= 15 is 0 Å². The summed E-state index contributed by atoms with van der Waals surface area (Å²) in [4.78, 5) is 12.3. The van der Waals surface area contributed by atoms with Gasteiger partial charge in [-0.1, -0.05) is 26.2 Å². The molecule has 3 nitrogen and oxygen atoms in total. The Morgan fingerprint density at radius 2 is 1.94 bits per heavy atom. The molecule has 1 amide bonds. The molecule has 3 rings (SSSR count). The van der Waals surface area contributed by atoms with E-state index in [9.17, 15) is 4.79 Å². The second-order valence-corrected chi connectivity index (χ2v) is 6.63. The molecule has 5 unspecified atom stereocenters. The van der Waals surface area contributed by atoms with E-state index in [1.165, 1.54) is 44.9 Å². The molecule has 1 aliphatic heterocycles. The third-order valence-electron chi connectivity index (χ3n) is 5.37. The molecule has 102 valence electrons. The number of rotatable bonds is 2. The first kappa shape index (κ1) is 12.5. The molecule has 0 aromatic rings. The van der Waals surface area contributed by atoms with E-state index in [2.05, 4.69) is 17.6 Å². The Bertz CT molecular complexity index is 304. The van der Waals surface area contributed by atoms with E-state index in [0.717, 1.165) is 12.3 Å². The maximum Gasteiger partial charge on any atom is 0.237 e. The molecule has 1 saturated heterocycles. The van der Waals surface area contributed by atoms with Crippen LogP contribution in [0.3, 0.4) is 0 Å². The van der Waals surface area contributed by atoms with E-state index in [-0.39, 0.29) is 11.9 Å². The fraction of sp³-hybridized carbons (Fsp3) is 0.933. The van der Waals surface area contributed by atoms with Crippen LogP contribution < -0.4 is 10.6 Å². The standard InChI is InChI=1S/C15H26N2O/c1-10-5-4-8-12(10)17-15(18)14-9-11-6-2-3-7-13(11)16-14/h10-14,16H,2-9H2,1H3,(H,17,18). The van der Waals surface area contributed by atoms with Crippen LogP contribution >= 0.6 is 0 Å². The van der Waals surface area contributed by atoms with E-state index in [4.69, 9.17) is 0 Å². The Morgan fingerprint density at radius 1 is 1.11 bits per heavy atom. The van der Waals surface area contributed by atoms with Crippen LogP contribution in [0.25, 0.3) is 0 Å². The number of hydrogen-bond donors (Lipinski definition) is 2. The molecule has 1 heterocycles. The molecule has 0 radical (unpaired) electrons. The summed E-state index contributed by atoms with van der Waals surface area (Å²) >= 11 is 0. The monoisotopic (exact) mass is 250 g/mol. The summed E-state index contributed by atoms with van der Waals surface area (Å²) in [5, 5.41) is 6.85. The molecular formula is C15H26N2O. The van der Waals surface area contributed by atoms with Crippen molar-refractivity contribution in [2.45, 2.75) is 76.4 Å². The first-order valence-corrected chi connectivity index (χ1v) is 7.80. The Balaban J connectivity index is 1.54. The molecule has 0 bridgehead atoms. The Kier molecular flexibility index (Phi) is 3.60. The van der Waals surface area contributed by atoms with Gasteiger partial charge in [0, 0.05) is 12.1 Å². The average molecular weight is 250 g/mol. The van der Waals surface area contributed by atoms with Gasteiger partial charge in [-0.05, 0) is 43.9 Å². The number of hydrogen-bond acceptors (Lipinski definition) is 2. The fourth-order valence-electron chi connectivity index (χ4n) is 4.16. The van der Waals surface area contributed by atoms with Gasteiger partial charge in [-0.25, -0.2) is 0 Å². The maximum atomic E-state index is 12.3. The van der Waals surface area contributed by atoms with Crippen molar-refractivity contribution < 1.29 is 4.79 Å². The van der Waals surface area contributed by atoms with Crippen molar-refractivity contribution in [1.29, 1.82) is 0 Å². The van der Waals surface area contributed by atoms with E-state index in [1.807, 2.05) is 0 Å². The van der Waals surface area contributed by atoms with Crippen LogP contribution in [0.2, 0.25) is 0 Å². The van der Waals surface area contributed by atoms with Crippen molar-refractivity contribution in [3.63, 3.8) is 0 Å². The summed E-state index contributed by atoms with van der Waals surface area (Å²) in [6.07, 6.45) is 10.1. The normalized spacial score (nSPS) is 43.7. The highest BCUT2D eigenvalue weighted by Gasteiger charge is 2.39. The summed E-state index contributed by atoms with van der Waals surface area (Å²) in [7, 11) is 0. The molecular weight excluding hydrogens is 224 g/mol. The molecule has 0 aromatic heterocycles. The summed E-state index contributed by atoms with van der Waals surface area (Å²) < 4.78 is 0. The van der Waals surface area contributed by atoms with Crippen LogP contribution in [0, 0.1) is 11.8 Å². The summed E-state index contributed by atoms with van der Waals surface area (Å²) in [5.41, 5.74) is 0. The lowest BCUT2D eigenvalue weighted by atomic mass is 9.85. The molecule has 18 heavy (non-hydrogen) atoms. The van der Waals surface area contributed by atoms with Crippen molar-refractivity contribution in [2.75, 3.05) is 0 Å². The van der Waals surface area contributed by atoms with Crippen LogP contribution in [0.4, 0.5) is 0 Å². The van der Waals surface area contributed by atoms with Crippen LogP contribution in [0.1, 0.15) is 58.3 Å². The van der Waals surface area contributed by atoms with Gasteiger partial charge in [-0.2, -0.15) is 0 Å². The van der Waals surface area contributed by atoms with Crippen molar-refractivity contribution in [3.8, 4) is 0 Å². The number of amides is 1. The van der Waals surface area contributed by atoms with E-state index < -0.39 is 0 Å². The molecule has 3 aliphatic rings. The zero-order chi connectivity index (χ0) is 12.5. The largest absolute Gasteiger partial charge is 0.352 e. The maximum absolute atomic E-state index is 12.3. The smallest absolute Gasteiger partial charge is 0.237 e. The molecule has 2 aliphatic carbocycles. The third-order valence-corrected chi connectivity index (χ3v) is 5.37. The van der Waals surface area contributed by atoms with Crippen LogP contribution in [-0.4, -0.2) is 24.0 Å².